The highest BCUT2D eigenvalue weighted by Crippen LogP contribution is 2.29. The lowest BCUT2D eigenvalue weighted by molar-refractivity contribution is -0.138. The summed E-state index contributed by atoms with van der Waals surface area (Å²) in [6, 6.07) is 7.11. The van der Waals surface area contributed by atoms with Gasteiger partial charge in [0.2, 0.25) is 5.91 Å². The van der Waals surface area contributed by atoms with Crippen molar-refractivity contribution in [2.45, 2.75) is 12.8 Å². The number of esters is 1. The van der Waals surface area contributed by atoms with Crippen molar-refractivity contribution in [2.75, 3.05) is 11.9 Å². The predicted molar refractivity (Wildman–Crippen MR) is 86.8 cm³/mol. The fraction of sp³-hybridized carbons (Fsp3) is 0.267. The average molecular weight is 384 g/mol. The molecule has 5 nitrogen and oxygen atoms in total. The van der Waals surface area contributed by atoms with Gasteiger partial charge in [0.15, 0.2) is 0 Å². The monoisotopic (exact) mass is 382 g/mol. The summed E-state index contributed by atoms with van der Waals surface area (Å²) in [6.07, 6.45) is 0.530. The molecule has 1 saturated heterocycles. The SMILES string of the molecule is O=C(CC1COC(=O)C1)Nc1ccc2c(Cl)ccc(Br)c2n1. The zero-order valence-corrected chi connectivity index (χ0v) is 13.8. The van der Waals surface area contributed by atoms with E-state index in [1.165, 1.54) is 0 Å². The standard InChI is InChI=1S/C15H12BrClN2O3/c16-10-2-3-11(17)9-1-4-12(19-15(9)10)18-13(20)5-8-6-14(21)22-7-8/h1-4,8H,5-7H2,(H,18,19,20). The van der Waals surface area contributed by atoms with E-state index in [0.29, 0.717) is 29.4 Å². The first-order valence-corrected chi connectivity index (χ1v) is 7.90. The maximum atomic E-state index is 12.0. The lowest BCUT2D eigenvalue weighted by Gasteiger charge is -2.09. The Bertz CT molecular complexity index is 766. The van der Waals surface area contributed by atoms with Gasteiger partial charge in [-0.3, -0.25) is 9.59 Å². The second-order valence-corrected chi connectivity index (χ2v) is 6.39. The molecule has 2 heterocycles. The second kappa shape index (κ2) is 6.22. The third-order valence-electron chi connectivity index (χ3n) is 3.43. The number of carbonyl (C=O) groups is 2. The number of halogens is 2. The summed E-state index contributed by atoms with van der Waals surface area (Å²) < 4.78 is 5.65. The van der Waals surface area contributed by atoms with E-state index in [4.69, 9.17) is 16.3 Å². The Morgan fingerprint density at radius 1 is 1.41 bits per heavy atom. The van der Waals surface area contributed by atoms with Gasteiger partial charge in [-0.05, 0) is 40.2 Å². The van der Waals surface area contributed by atoms with Crippen LogP contribution >= 0.6 is 27.5 Å². The lowest BCUT2D eigenvalue weighted by Crippen LogP contribution is -2.17. The summed E-state index contributed by atoms with van der Waals surface area (Å²) in [5.74, 6) is -0.0478. The number of ether oxygens (including phenoxy) is 1. The van der Waals surface area contributed by atoms with Crippen molar-refractivity contribution < 1.29 is 14.3 Å². The molecule has 22 heavy (non-hydrogen) atoms. The molecule has 2 aromatic rings. The molecule has 3 rings (SSSR count). The Kier molecular flexibility index (Phi) is 4.31. The van der Waals surface area contributed by atoms with Crippen LogP contribution in [0.2, 0.25) is 5.02 Å². The van der Waals surface area contributed by atoms with E-state index in [9.17, 15) is 9.59 Å². The number of hydrogen-bond acceptors (Lipinski definition) is 4. The molecule has 114 valence electrons. The van der Waals surface area contributed by atoms with Gasteiger partial charge in [0.25, 0.3) is 0 Å². The van der Waals surface area contributed by atoms with Crippen LogP contribution in [0, 0.1) is 5.92 Å². The Labute approximate surface area is 140 Å². The molecule has 1 aromatic heterocycles. The molecule has 1 fully saturated rings. The van der Waals surface area contributed by atoms with Crippen LogP contribution in [0.4, 0.5) is 5.82 Å². The maximum Gasteiger partial charge on any atom is 0.306 e. The van der Waals surface area contributed by atoms with Crippen molar-refractivity contribution >= 4 is 56.1 Å². The average Bonchev–Trinajstić information content (AvgIpc) is 2.88. The van der Waals surface area contributed by atoms with Crippen molar-refractivity contribution in [3.8, 4) is 0 Å². The largest absolute Gasteiger partial charge is 0.465 e. The summed E-state index contributed by atoms with van der Waals surface area (Å²) in [6.45, 7) is 0.304. The number of rotatable bonds is 3. The van der Waals surface area contributed by atoms with Crippen LogP contribution in [0.15, 0.2) is 28.7 Å². The van der Waals surface area contributed by atoms with Gasteiger partial charge in [-0.15, -0.1) is 0 Å². The van der Waals surface area contributed by atoms with Crippen molar-refractivity contribution in [2.24, 2.45) is 5.92 Å². The van der Waals surface area contributed by atoms with Gasteiger partial charge >= 0.3 is 5.97 Å². The van der Waals surface area contributed by atoms with Crippen LogP contribution < -0.4 is 5.32 Å². The van der Waals surface area contributed by atoms with E-state index in [-0.39, 0.29) is 24.2 Å². The van der Waals surface area contributed by atoms with E-state index in [1.54, 1.807) is 12.1 Å². The number of cyclic esters (lactones) is 1. The van der Waals surface area contributed by atoms with Gasteiger partial charge in [-0.1, -0.05) is 11.6 Å². The molecular formula is C15H12BrClN2O3. The molecule has 0 spiro atoms. The third kappa shape index (κ3) is 3.23. The van der Waals surface area contributed by atoms with Crippen molar-refractivity contribution in [3.63, 3.8) is 0 Å². The normalized spacial score (nSPS) is 17.5. The fourth-order valence-corrected chi connectivity index (χ4v) is 3.02. The Morgan fingerprint density at radius 2 is 2.23 bits per heavy atom. The molecule has 0 radical (unpaired) electrons. The number of amides is 1. The summed E-state index contributed by atoms with van der Waals surface area (Å²) >= 11 is 9.54. The Balaban J connectivity index is 1.75. The number of pyridine rings is 1. The van der Waals surface area contributed by atoms with E-state index in [2.05, 4.69) is 26.2 Å². The Hall–Kier alpha value is -1.66. The number of aromatic nitrogens is 1. The molecule has 0 bridgehead atoms. The van der Waals surface area contributed by atoms with Crippen LogP contribution in [-0.2, 0) is 14.3 Å². The number of fused-ring (bicyclic) bond motifs is 1. The number of nitrogens with one attached hydrogen (secondary N) is 1. The minimum atomic E-state index is -0.250. The molecule has 1 unspecified atom stereocenters. The maximum absolute atomic E-state index is 12.0. The van der Waals surface area contributed by atoms with E-state index < -0.39 is 0 Å². The summed E-state index contributed by atoms with van der Waals surface area (Å²) in [4.78, 5) is 27.4. The number of carbonyl (C=O) groups excluding carboxylic acids is 2. The van der Waals surface area contributed by atoms with Crippen molar-refractivity contribution in [3.05, 3.63) is 33.8 Å². The van der Waals surface area contributed by atoms with Gasteiger partial charge in [0, 0.05) is 22.2 Å². The summed E-state index contributed by atoms with van der Waals surface area (Å²) in [5, 5.41) is 4.15. The first-order valence-electron chi connectivity index (χ1n) is 6.73. The third-order valence-corrected chi connectivity index (χ3v) is 4.40. The molecule has 1 amide bonds. The van der Waals surface area contributed by atoms with Crippen molar-refractivity contribution in [1.29, 1.82) is 0 Å². The first kappa shape index (κ1) is 15.2. The van der Waals surface area contributed by atoms with Gasteiger partial charge in [-0.25, -0.2) is 4.98 Å². The first-order chi connectivity index (χ1) is 10.5. The van der Waals surface area contributed by atoms with Crippen LogP contribution in [0.1, 0.15) is 12.8 Å². The molecule has 0 aliphatic carbocycles. The smallest absolute Gasteiger partial charge is 0.306 e. The number of anilines is 1. The molecule has 0 saturated carbocycles. The zero-order chi connectivity index (χ0) is 15.7. The minimum absolute atomic E-state index is 0.0610. The molecule has 1 aliphatic heterocycles. The highest BCUT2D eigenvalue weighted by molar-refractivity contribution is 9.10. The predicted octanol–water partition coefficient (Wildman–Crippen LogP) is 3.54. The van der Waals surface area contributed by atoms with Gasteiger partial charge in [0.05, 0.1) is 23.6 Å². The molecule has 7 heteroatoms. The second-order valence-electron chi connectivity index (χ2n) is 5.13. The van der Waals surface area contributed by atoms with Gasteiger partial charge in [0.1, 0.15) is 5.82 Å². The summed E-state index contributed by atoms with van der Waals surface area (Å²) in [5.41, 5.74) is 0.685. The molecular weight excluding hydrogens is 372 g/mol. The van der Waals surface area contributed by atoms with Gasteiger partial charge in [-0.2, -0.15) is 0 Å². The van der Waals surface area contributed by atoms with E-state index >= 15 is 0 Å². The number of benzene rings is 1. The lowest BCUT2D eigenvalue weighted by atomic mass is 10.0. The minimum Gasteiger partial charge on any atom is -0.465 e. The topological polar surface area (TPSA) is 68.3 Å². The zero-order valence-electron chi connectivity index (χ0n) is 11.4. The molecule has 1 N–H and O–H groups in total. The fourth-order valence-electron chi connectivity index (χ4n) is 2.37. The van der Waals surface area contributed by atoms with E-state index in [1.807, 2.05) is 12.1 Å². The number of hydrogen-bond donors (Lipinski definition) is 1. The highest BCUT2D eigenvalue weighted by atomic mass is 79.9. The van der Waals surface area contributed by atoms with Gasteiger partial charge < -0.3 is 10.1 Å². The highest BCUT2D eigenvalue weighted by Gasteiger charge is 2.26. The molecule has 1 aromatic carbocycles. The van der Waals surface area contributed by atoms with Crippen LogP contribution in [0.3, 0.4) is 0 Å². The van der Waals surface area contributed by atoms with Crippen LogP contribution in [0.25, 0.3) is 10.9 Å². The quantitative estimate of drug-likeness (QED) is 0.823. The summed E-state index contributed by atoms with van der Waals surface area (Å²) in [7, 11) is 0. The van der Waals surface area contributed by atoms with Crippen molar-refractivity contribution in [1.82, 2.24) is 4.98 Å². The van der Waals surface area contributed by atoms with E-state index in [0.717, 1.165) is 9.86 Å². The number of nitrogens with zero attached hydrogens (tertiary/aromatic N) is 1. The molecule has 1 aliphatic rings. The Morgan fingerprint density at radius 3 is 2.95 bits per heavy atom. The van der Waals surface area contributed by atoms with Crippen LogP contribution in [-0.4, -0.2) is 23.5 Å². The molecule has 1 atom stereocenters. The van der Waals surface area contributed by atoms with Crippen LogP contribution in [0.5, 0.6) is 0 Å².